The average Bonchev–Trinajstić information content (AvgIpc) is 2.86. The van der Waals surface area contributed by atoms with E-state index in [4.69, 9.17) is 4.74 Å². The van der Waals surface area contributed by atoms with Crippen LogP contribution < -0.4 is 15.1 Å². The summed E-state index contributed by atoms with van der Waals surface area (Å²) in [6.45, 7) is 2.13. The van der Waals surface area contributed by atoms with Gasteiger partial charge in [-0.05, 0) is 79.9 Å². The summed E-state index contributed by atoms with van der Waals surface area (Å²) in [5.41, 5.74) is 6.39. The van der Waals surface area contributed by atoms with Crippen molar-refractivity contribution in [1.29, 1.82) is 0 Å². The molecule has 0 aliphatic carbocycles. The molecule has 164 valence electrons. The van der Waals surface area contributed by atoms with Crippen LogP contribution in [0.5, 0.6) is 5.75 Å². The molecule has 1 aliphatic heterocycles. The lowest BCUT2D eigenvalue weighted by Gasteiger charge is -2.28. The van der Waals surface area contributed by atoms with Gasteiger partial charge in [0.05, 0.1) is 12.8 Å². The number of hydrogen-bond donors (Lipinski definition) is 1. The second kappa shape index (κ2) is 10.1. The van der Waals surface area contributed by atoms with Crippen molar-refractivity contribution < 1.29 is 13.9 Å². The van der Waals surface area contributed by atoms with Crippen molar-refractivity contribution in [3.63, 3.8) is 0 Å². The van der Waals surface area contributed by atoms with Crippen LogP contribution in [-0.4, -0.2) is 31.8 Å². The molecule has 3 aromatic rings. The van der Waals surface area contributed by atoms with Gasteiger partial charge in [-0.25, -0.2) is 9.82 Å². The molecule has 0 bridgehead atoms. The number of hydrazone groups is 1. The number of anilines is 1. The number of carbonyl (C=O) groups is 1. The zero-order chi connectivity index (χ0) is 22.3. The number of amides is 1. The summed E-state index contributed by atoms with van der Waals surface area (Å²) in [5, 5.41) is 4.40. The summed E-state index contributed by atoms with van der Waals surface area (Å²) in [4.78, 5) is 15.0. The molecule has 1 heterocycles. The first-order valence-corrected chi connectivity index (χ1v) is 10.8. The highest BCUT2D eigenvalue weighted by Crippen LogP contribution is 2.22. The number of nitrogens with one attached hydrogen (secondary N) is 1. The van der Waals surface area contributed by atoms with E-state index in [9.17, 15) is 9.18 Å². The second-order valence-corrected chi connectivity index (χ2v) is 7.73. The van der Waals surface area contributed by atoms with Gasteiger partial charge in [-0.15, -0.1) is 0 Å². The zero-order valence-corrected chi connectivity index (χ0v) is 18.1. The molecule has 1 fully saturated rings. The lowest BCUT2D eigenvalue weighted by atomic mass is 10.0. The molecule has 0 spiro atoms. The second-order valence-electron chi connectivity index (χ2n) is 7.73. The van der Waals surface area contributed by atoms with E-state index >= 15 is 0 Å². The highest BCUT2D eigenvalue weighted by Gasteiger charge is 2.13. The lowest BCUT2D eigenvalue weighted by molar-refractivity contribution is 0.0955. The third-order valence-electron chi connectivity index (χ3n) is 5.60. The van der Waals surface area contributed by atoms with E-state index in [0.29, 0.717) is 22.6 Å². The fraction of sp³-hybridized carbons (Fsp3) is 0.231. The highest BCUT2D eigenvalue weighted by molar-refractivity contribution is 6.13. The maximum atomic E-state index is 13.5. The Hall–Kier alpha value is -3.67. The third kappa shape index (κ3) is 5.14. The molecular weight excluding hydrogens is 405 g/mol. The summed E-state index contributed by atoms with van der Waals surface area (Å²) in [5.74, 6) is 0.0128. The van der Waals surface area contributed by atoms with E-state index < -0.39 is 0 Å². The standard InChI is InChI=1S/C26H26FN3O2/c1-32-24-15-9-21(10-16-24)26(31)29-28-25(19-5-11-22(27)12-6-19)20-7-13-23(14-8-20)30-17-3-2-4-18-30/h5-16H,2-4,17-18H2,1H3,(H,29,31)/b28-25-. The Balaban J connectivity index is 1.59. The highest BCUT2D eigenvalue weighted by atomic mass is 19.1. The number of carbonyl (C=O) groups excluding carboxylic acids is 1. The van der Waals surface area contributed by atoms with Gasteiger partial charge in [-0.3, -0.25) is 4.79 Å². The molecule has 3 aromatic carbocycles. The molecule has 0 aromatic heterocycles. The molecule has 0 radical (unpaired) electrons. The largest absolute Gasteiger partial charge is 0.497 e. The van der Waals surface area contributed by atoms with Gasteiger partial charge in [0.2, 0.25) is 0 Å². The minimum atomic E-state index is -0.336. The quantitative estimate of drug-likeness (QED) is 0.441. The summed E-state index contributed by atoms with van der Waals surface area (Å²) >= 11 is 0. The molecule has 1 N–H and O–H groups in total. The molecule has 5 nitrogen and oxygen atoms in total. The number of methoxy groups -OCH3 is 1. The van der Waals surface area contributed by atoms with Crippen molar-refractivity contribution in [1.82, 2.24) is 5.43 Å². The number of ether oxygens (including phenoxy) is 1. The van der Waals surface area contributed by atoms with Crippen molar-refractivity contribution in [2.24, 2.45) is 5.10 Å². The first-order valence-electron chi connectivity index (χ1n) is 10.8. The van der Waals surface area contributed by atoms with Gasteiger partial charge < -0.3 is 9.64 Å². The van der Waals surface area contributed by atoms with Crippen molar-refractivity contribution in [2.45, 2.75) is 19.3 Å². The molecule has 0 unspecified atom stereocenters. The number of hydrogen-bond acceptors (Lipinski definition) is 4. The Kier molecular flexibility index (Phi) is 6.80. The molecule has 1 amide bonds. The van der Waals surface area contributed by atoms with E-state index in [1.807, 2.05) is 12.1 Å². The van der Waals surface area contributed by atoms with Gasteiger partial charge in [-0.1, -0.05) is 12.1 Å². The predicted molar refractivity (Wildman–Crippen MR) is 125 cm³/mol. The van der Waals surface area contributed by atoms with Gasteiger partial charge in [0.1, 0.15) is 11.6 Å². The summed E-state index contributed by atoms with van der Waals surface area (Å²) < 4.78 is 18.6. The van der Waals surface area contributed by atoms with E-state index in [2.05, 4.69) is 27.6 Å². The molecule has 1 saturated heterocycles. The van der Waals surface area contributed by atoms with Crippen molar-refractivity contribution >= 4 is 17.3 Å². The first-order chi connectivity index (χ1) is 15.6. The van der Waals surface area contributed by atoms with Crippen molar-refractivity contribution in [3.05, 3.63) is 95.3 Å². The van der Waals surface area contributed by atoms with Crippen LogP contribution in [-0.2, 0) is 0 Å². The first kappa shape index (κ1) is 21.6. The SMILES string of the molecule is COc1ccc(C(=O)N/N=C(/c2ccc(F)cc2)c2ccc(N3CCCCC3)cc2)cc1. The van der Waals surface area contributed by atoms with Gasteiger partial charge in [0, 0.05) is 35.5 Å². The fourth-order valence-electron chi connectivity index (χ4n) is 3.80. The van der Waals surface area contributed by atoms with Crippen LogP contribution in [0.2, 0.25) is 0 Å². The fourth-order valence-corrected chi connectivity index (χ4v) is 3.80. The van der Waals surface area contributed by atoms with Crippen molar-refractivity contribution in [2.75, 3.05) is 25.1 Å². The zero-order valence-electron chi connectivity index (χ0n) is 18.1. The maximum absolute atomic E-state index is 13.5. The number of benzene rings is 3. The molecule has 0 saturated carbocycles. The van der Waals surface area contributed by atoms with E-state index in [1.54, 1.807) is 43.5 Å². The van der Waals surface area contributed by atoms with Gasteiger partial charge >= 0.3 is 0 Å². The van der Waals surface area contributed by atoms with Crippen LogP contribution in [0, 0.1) is 5.82 Å². The van der Waals surface area contributed by atoms with E-state index in [-0.39, 0.29) is 11.7 Å². The molecule has 6 heteroatoms. The molecular formula is C26H26FN3O2. The molecule has 1 aliphatic rings. The van der Waals surface area contributed by atoms with Crippen molar-refractivity contribution in [3.8, 4) is 5.75 Å². The van der Waals surface area contributed by atoms with E-state index in [0.717, 1.165) is 18.7 Å². The molecule has 4 rings (SSSR count). The number of halogens is 1. The minimum absolute atomic E-state index is 0.323. The van der Waals surface area contributed by atoms with Crippen LogP contribution in [0.4, 0.5) is 10.1 Å². The topological polar surface area (TPSA) is 53.9 Å². The Morgan fingerprint density at radius 2 is 1.41 bits per heavy atom. The van der Waals surface area contributed by atoms with E-state index in [1.165, 1.54) is 37.1 Å². The number of piperidine rings is 1. The summed E-state index contributed by atoms with van der Waals surface area (Å²) in [6.07, 6.45) is 3.70. The van der Waals surface area contributed by atoms with Crippen LogP contribution in [0.15, 0.2) is 77.9 Å². The Morgan fingerprint density at radius 3 is 2.00 bits per heavy atom. The lowest BCUT2D eigenvalue weighted by Crippen LogP contribution is -2.29. The van der Waals surface area contributed by atoms with Crippen LogP contribution in [0.3, 0.4) is 0 Å². The third-order valence-corrected chi connectivity index (χ3v) is 5.60. The predicted octanol–water partition coefficient (Wildman–Crippen LogP) is 5.01. The number of rotatable bonds is 6. The smallest absolute Gasteiger partial charge is 0.271 e. The Labute approximate surface area is 187 Å². The minimum Gasteiger partial charge on any atom is -0.497 e. The summed E-state index contributed by atoms with van der Waals surface area (Å²) in [7, 11) is 1.57. The number of nitrogens with zero attached hydrogens (tertiary/aromatic N) is 2. The maximum Gasteiger partial charge on any atom is 0.271 e. The monoisotopic (exact) mass is 431 g/mol. The Bertz CT molecular complexity index is 1070. The van der Waals surface area contributed by atoms with Crippen LogP contribution in [0.25, 0.3) is 0 Å². The normalized spacial score (nSPS) is 14.2. The summed E-state index contributed by atoms with van der Waals surface area (Å²) in [6, 6.07) is 21.0. The van der Waals surface area contributed by atoms with Gasteiger partial charge in [-0.2, -0.15) is 5.10 Å². The molecule has 0 atom stereocenters. The average molecular weight is 432 g/mol. The van der Waals surface area contributed by atoms with Crippen LogP contribution in [0.1, 0.15) is 40.7 Å². The van der Waals surface area contributed by atoms with Crippen LogP contribution >= 0.6 is 0 Å². The van der Waals surface area contributed by atoms with Gasteiger partial charge in [0.25, 0.3) is 5.91 Å². The van der Waals surface area contributed by atoms with Gasteiger partial charge in [0.15, 0.2) is 0 Å². The molecule has 32 heavy (non-hydrogen) atoms. The Morgan fingerprint density at radius 1 is 0.844 bits per heavy atom.